The fourth-order valence-corrected chi connectivity index (χ4v) is 2.01. The Kier molecular flexibility index (Phi) is 4.40. The van der Waals surface area contributed by atoms with E-state index in [0.29, 0.717) is 25.1 Å². The molecule has 0 bridgehead atoms. The molecule has 2 N–H and O–H groups in total. The van der Waals surface area contributed by atoms with Crippen LogP contribution in [0.4, 0.5) is 4.79 Å². The van der Waals surface area contributed by atoms with Gasteiger partial charge < -0.3 is 15.0 Å². The Morgan fingerprint density at radius 1 is 1.35 bits per heavy atom. The third-order valence-corrected chi connectivity index (χ3v) is 3.05. The monoisotopic (exact) mass is 274 g/mol. The minimum absolute atomic E-state index is 0.0609. The van der Waals surface area contributed by atoms with Gasteiger partial charge in [-0.05, 0) is 49.4 Å². The number of alkyl carbamates (subject to hydrolysis) is 1. The first-order chi connectivity index (χ1) is 9.60. The Morgan fingerprint density at radius 3 is 2.90 bits per heavy atom. The molecule has 2 aromatic rings. The lowest BCUT2D eigenvalue weighted by Gasteiger charge is -2.06. The van der Waals surface area contributed by atoms with Crippen LogP contribution in [0.3, 0.4) is 0 Å². The van der Waals surface area contributed by atoms with Crippen LogP contribution in [0.15, 0.2) is 29.1 Å². The first kappa shape index (κ1) is 14.1. The van der Waals surface area contributed by atoms with E-state index >= 15 is 0 Å². The van der Waals surface area contributed by atoms with Gasteiger partial charge in [0.25, 0.3) is 5.56 Å². The van der Waals surface area contributed by atoms with Crippen LogP contribution in [0.1, 0.15) is 18.1 Å². The molecule has 0 saturated carbocycles. The Bertz CT molecular complexity index is 676. The summed E-state index contributed by atoms with van der Waals surface area (Å²) in [6.07, 6.45) is 0.320. The average molecular weight is 274 g/mol. The van der Waals surface area contributed by atoms with E-state index in [1.807, 2.05) is 24.3 Å². The normalized spacial score (nSPS) is 10.5. The molecule has 1 aromatic carbocycles. The number of carbonyl (C=O) groups excluding carboxylic acids is 1. The number of aromatic nitrogens is 1. The van der Waals surface area contributed by atoms with Crippen LogP contribution in [0.2, 0.25) is 0 Å². The topological polar surface area (TPSA) is 71.2 Å². The van der Waals surface area contributed by atoms with Gasteiger partial charge in [-0.3, -0.25) is 4.79 Å². The number of ether oxygens (including phenoxy) is 1. The number of fused-ring (bicyclic) bond motifs is 1. The van der Waals surface area contributed by atoms with Crippen LogP contribution in [0.25, 0.3) is 10.9 Å². The molecule has 0 saturated heterocycles. The van der Waals surface area contributed by atoms with Gasteiger partial charge in [-0.1, -0.05) is 6.07 Å². The van der Waals surface area contributed by atoms with E-state index in [4.69, 9.17) is 4.74 Å². The first-order valence-corrected chi connectivity index (χ1v) is 6.63. The molecule has 5 heteroatoms. The summed E-state index contributed by atoms with van der Waals surface area (Å²) >= 11 is 0. The van der Waals surface area contributed by atoms with Gasteiger partial charge >= 0.3 is 6.09 Å². The summed E-state index contributed by atoms with van der Waals surface area (Å²) in [6.45, 7) is 4.44. The number of amides is 1. The van der Waals surface area contributed by atoms with E-state index in [1.54, 1.807) is 13.8 Å². The Balaban J connectivity index is 2.06. The highest BCUT2D eigenvalue weighted by atomic mass is 16.5. The number of rotatable bonds is 4. The molecule has 0 aliphatic carbocycles. The van der Waals surface area contributed by atoms with Crippen molar-refractivity contribution in [1.29, 1.82) is 0 Å². The van der Waals surface area contributed by atoms with Gasteiger partial charge in [-0.25, -0.2) is 4.79 Å². The van der Waals surface area contributed by atoms with Crippen molar-refractivity contribution >= 4 is 17.0 Å². The molecule has 0 spiro atoms. The van der Waals surface area contributed by atoms with Crippen molar-refractivity contribution in [2.24, 2.45) is 0 Å². The van der Waals surface area contributed by atoms with Crippen molar-refractivity contribution in [3.8, 4) is 0 Å². The highest BCUT2D eigenvalue weighted by Gasteiger charge is 2.02. The average Bonchev–Trinajstić information content (AvgIpc) is 2.41. The van der Waals surface area contributed by atoms with E-state index in [9.17, 15) is 9.59 Å². The van der Waals surface area contributed by atoms with Crippen molar-refractivity contribution in [1.82, 2.24) is 10.3 Å². The summed E-state index contributed by atoms with van der Waals surface area (Å²) in [6, 6.07) is 7.72. The fraction of sp³-hybridized carbons (Fsp3) is 0.333. The van der Waals surface area contributed by atoms with Crippen molar-refractivity contribution < 1.29 is 9.53 Å². The van der Waals surface area contributed by atoms with Crippen LogP contribution >= 0.6 is 0 Å². The van der Waals surface area contributed by atoms with Gasteiger partial charge in [0.05, 0.1) is 6.61 Å². The second-order valence-electron chi connectivity index (χ2n) is 4.60. The molecule has 20 heavy (non-hydrogen) atoms. The minimum atomic E-state index is -0.395. The zero-order chi connectivity index (χ0) is 14.5. The van der Waals surface area contributed by atoms with Gasteiger partial charge in [0, 0.05) is 17.6 Å². The number of benzene rings is 1. The number of aromatic amines is 1. The second kappa shape index (κ2) is 6.23. The van der Waals surface area contributed by atoms with Crippen molar-refractivity contribution in [3.63, 3.8) is 0 Å². The van der Waals surface area contributed by atoms with Crippen LogP contribution in [-0.4, -0.2) is 24.2 Å². The molecule has 0 fully saturated rings. The largest absolute Gasteiger partial charge is 0.450 e. The molecule has 1 heterocycles. The summed E-state index contributed by atoms with van der Waals surface area (Å²) in [5.74, 6) is 0. The first-order valence-electron chi connectivity index (χ1n) is 6.63. The maximum Gasteiger partial charge on any atom is 0.407 e. The van der Waals surface area contributed by atoms with Crippen LogP contribution in [-0.2, 0) is 11.2 Å². The van der Waals surface area contributed by atoms with Gasteiger partial charge in [0.15, 0.2) is 0 Å². The summed E-state index contributed by atoms with van der Waals surface area (Å²) < 4.78 is 4.79. The van der Waals surface area contributed by atoms with Gasteiger partial charge in [-0.2, -0.15) is 0 Å². The van der Waals surface area contributed by atoms with Crippen LogP contribution in [0.5, 0.6) is 0 Å². The quantitative estimate of drug-likeness (QED) is 0.897. The fourth-order valence-electron chi connectivity index (χ4n) is 2.01. The zero-order valence-electron chi connectivity index (χ0n) is 11.7. The van der Waals surface area contributed by atoms with Crippen LogP contribution in [0, 0.1) is 6.92 Å². The number of aryl methyl sites for hydroxylation is 1. The van der Waals surface area contributed by atoms with E-state index in [1.165, 1.54) is 0 Å². The SMILES string of the molecule is CCOC(=O)NCCc1ccc2[nH]c(=O)c(C)cc2c1. The van der Waals surface area contributed by atoms with Gasteiger partial charge in [-0.15, -0.1) is 0 Å². The maximum absolute atomic E-state index is 11.5. The molecule has 106 valence electrons. The lowest BCUT2D eigenvalue weighted by Crippen LogP contribution is -2.26. The number of hydrogen-bond donors (Lipinski definition) is 2. The third-order valence-electron chi connectivity index (χ3n) is 3.05. The van der Waals surface area contributed by atoms with Crippen LogP contribution < -0.4 is 10.9 Å². The summed E-state index contributed by atoms with van der Waals surface area (Å²) in [5, 5.41) is 3.68. The third kappa shape index (κ3) is 3.38. The molecule has 5 nitrogen and oxygen atoms in total. The van der Waals surface area contributed by atoms with E-state index in [2.05, 4.69) is 10.3 Å². The van der Waals surface area contributed by atoms with E-state index in [0.717, 1.165) is 16.5 Å². The Morgan fingerprint density at radius 2 is 2.15 bits per heavy atom. The number of hydrogen-bond acceptors (Lipinski definition) is 3. The Labute approximate surface area is 117 Å². The van der Waals surface area contributed by atoms with E-state index in [-0.39, 0.29) is 5.56 Å². The second-order valence-corrected chi connectivity index (χ2v) is 4.60. The smallest absolute Gasteiger partial charge is 0.407 e. The molecule has 0 unspecified atom stereocenters. The number of pyridine rings is 1. The lowest BCUT2D eigenvalue weighted by atomic mass is 10.1. The van der Waals surface area contributed by atoms with Crippen molar-refractivity contribution in [2.45, 2.75) is 20.3 Å². The number of nitrogens with one attached hydrogen (secondary N) is 2. The maximum atomic E-state index is 11.5. The van der Waals surface area contributed by atoms with Crippen molar-refractivity contribution in [3.05, 3.63) is 45.7 Å². The molecule has 1 aromatic heterocycles. The lowest BCUT2D eigenvalue weighted by molar-refractivity contribution is 0.152. The highest BCUT2D eigenvalue weighted by molar-refractivity contribution is 5.79. The molecule has 0 atom stereocenters. The van der Waals surface area contributed by atoms with E-state index < -0.39 is 6.09 Å². The molecule has 0 radical (unpaired) electrons. The predicted molar refractivity (Wildman–Crippen MR) is 78.0 cm³/mol. The number of H-pyrrole nitrogens is 1. The summed E-state index contributed by atoms with van der Waals surface area (Å²) in [5.41, 5.74) is 2.55. The minimum Gasteiger partial charge on any atom is -0.450 e. The molecule has 0 aliphatic rings. The highest BCUT2D eigenvalue weighted by Crippen LogP contribution is 2.13. The van der Waals surface area contributed by atoms with Gasteiger partial charge in [0.2, 0.25) is 0 Å². The Hall–Kier alpha value is -2.30. The van der Waals surface area contributed by atoms with Crippen molar-refractivity contribution in [2.75, 3.05) is 13.2 Å². The standard InChI is InChI=1S/C15H18N2O3/c1-3-20-15(19)16-7-6-11-4-5-13-12(9-11)8-10(2)14(18)17-13/h4-5,8-9H,3,6-7H2,1-2H3,(H,16,19)(H,17,18). The zero-order valence-corrected chi connectivity index (χ0v) is 11.7. The molecular weight excluding hydrogens is 256 g/mol. The van der Waals surface area contributed by atoms with Gasteiger partial charge in [0.1, 0.15) is 0 Å². The number of carbonyl (C=O) groups is 1. The molecule has 2 rings (SSSR count). The molecule has 1 amide bonds. The summed E-state index contributed by atoms with van der Waals surface area (Å²) in [7, 11) is 0. The predicted octanol–water partition coefficient (Wildman–Crippen LogP) is 2.13. The summed E-state index contributed by atoms with van der Waals surface area (Å²) in [4.78, 5) is 25.5. The molecule has 0 aliphatic heterocycles. The molecular formula is C15H18N2O3.